The van der Waals surface area contributed by atoms with E-state index in [4.69, 9.17) is 4.74 Å². The summed E-state index contributed by atoms with van der Waals surface area (Å²) in [6.45, 7) is 6.90. The first-order chi connectivity index (χ1) is 17.5. The summed E-state index contributed by atoms with van der Waals surface area (Å²) in [4.78, 5) is 26.8. The molecule has 1 aliphatic carbocycles. The molecule has 1 saturated heterocycles. The fourth-order valence-corrected chi connectivity index (χ4v) is 6.36. The molecule has 2 aliphatic rings. The van der Waals surface area contributed by atoms with Gasteiger partial charge in [-0.2, -0.15) is 4.31 Å². The van der Waals surface area contributed by atoms with Gasteiger partial charge in [-0.3, -0.25) is 0 Å². The van der Waals surface area contributed by atoms with Crippen molar-refractivity contribution >= 4 is 22.1 Å². The molecule has 200 valence electrons. The highest BCUT2D eigenvalue weighted by Gasteiger charge is 2.46. The highest BCUT2D eigenvalue weighted by Crippen LogP contribution is 2.45. The lowest BCUT2D eigenvalue weighted by Gasteiger charge is -2.35. The molecule has 8 nitrogen and oxygen atoms in total. The van der Waals surface area contributed by atoms with Gasteiger partial charge in [0, 0.05) is 31.6 Å². The lowest BCUT2D eigenvalue weighted by atomic mass is 9.97. The smallest absolute Gasteiger partial charge is 0.410 e. The minimum atomic E-state index is -3.68. The summed E-state index contributed by atoms with van der Waals surface area (Å²) in [5.41, 5.74) is 0.935. The molecule has 2 aromatic rings. The van der Waals surface area contributed by atoms with Crippen molar-refractivity contribution in [1.29, 1.82) is 0 Å². The van der Waals surface area contributed by atoms with Crippen molar-refractivity contribution in [2.75, 3.05) is 26.7 Å². The molecule has 2 unspecified atom stereocenters. The molecule has 1 amide bonds. The molecule has 1 heterocycles. The maximum absolute atomic E-state index is 13.2. The predicted molar refractivity (Wildman–Crippen MR) is 140 cm³/mol. The van der Waals surface area contributed by atoms with E-state index in [1.54, 1.807) is 0 Å². The van der Waals surface area contributed by atoms with E-state index in [9.17, 15) is 18.0 Å². The van der Waals surface area contributed by atoms with Crippen LogP contribution in [0.25, 0.3) is 0 Å². The number of sulfonamides is 1. The first kappa shape index (κ1) is 27.1. The van der Waals surface area contributed by atoms with Gasteiger partial charge in [-0.1, -0.05) is 30.3 Å². The molecule has 2 fully saturated rings. The number of methoxy groups -OCH3 is 1. The number of benzene rings is 2. The van der Waals surface area contributed by atoms with E-state index in [2.05, 4.69) is 16.9 Å². The normalized spacial score (nSPS) is 20.8. The van der Waals surface area contributed by atoms with Gasteiger partial charge in [-0.05, 0) is 75.8 Å². The van der Waals surface area contributed by atoms with Crippen LogP contribution in [0, 0.1) is 5.92 Å². The fraction of sp³-hybridized carbons (Fsp3) is 0.500. The number of hydrogen-bond donors (Lipinski definition) is 0. The fourth-order valence-electron chi connectivity index (χ4n) is 4.89. The van der Waals surface area contributed by atoms with Gasteiger partial charge in [-0.25, -0.2) is 18.0 Å². The van der Waals surface area contributed by atoms with Gasteiger partial charge < -0.3 is 14.4 Å². The van der Waals surface area contributed by atoms with E-state index in [1.807, 2.05) is 43.9 Å². The first-order valence-electron chi connectivity index (χ1n) is 12.7. The Kier molecular flexibility index (Phi) is 7.94. The van der Waals surface area contributed by atoms with E-state index in [-0.39, 0.29) is 22.9 Å². The zero-order valence-corrected chi connectivity index (χ0v) is 22.7. The third-order valence-corrected chi connectivity index (χ3v) is 8.87. The summed E-state index contributed by atoms with van der Waals surface area (Å²) in [7, 11) is -2.39. The molecule has 0 radical (unpaired) electrons. The third-order valence-electron chi connectivity index (χ3n) is 6.95. The SMILES string of the molecule is COC(=O)c1ccc(S(=O)(=O)N2CCC(CN(C(=O)OC(C)(C)C)C3CC3c3ccccc3)CC2)cc1. The predicted octanol–water partition coefficient (Wildman–Crippen LogP) is 4.67. The van der Waals surface area contributed by atoms with Crippen LogP contribution in [0.15, 0.2) is 59.5 Å². The minimum Gasteiger partial charge on any atom is -0.465 e. The van der Waals surface area contributed by atoms with Gasteiger partial charge in [0.1, 0.15) is 5.60 Å². The summed E-state index contributed by atoms with van der Waals surface area (Å²) >= 11 is 0. The second-order valence-electron chi connectivity index (χ2n) is 10.8. The topological polar surface area (TPSA) is 93.2 Å². The third kappa shape index (κ3) is 6.51. The van der Waals surface area contributed by atoms with Crippen molar-refractivity contribution in [3.63, 3.8) is 0 Å². The highest BCUT2D eigenvalue weighted by atomic mass is 32.2. The molecule has 9 heteroatoms. The Bertz CT molecular complexity index is 1200. The number of ether oxygens (including phenoxy) is 2. The molecule has 0 aromatic heterocycles. The Labute approximate surface area is 219 Å². The molecular weight excluding hydrogens is 492 g/mol. The average Bonchev–Trinajstić information content (AvgIpc) is 3.67. The number of esters is 1. The van der Waals surface area contributed by atoms with Crippen molar-refractivity contribution in [3.8, 4) is 0 Å². The van der Waals surface area contributed by atoms with Crippen molar-refractivity contribution in [1.82, 2.24) is 9.21 Å². The van der Waals surface area contributed by atoms with Crippen LogP contribution < -0.4 is 0 Å². The zero-order valence-electron chi connectivity index (χ0n) is 21.9. The second kappa shape index (κ2) is 10.8. The highest BCUT2D eigenvalue weighted by molar-refractivity contribution is 7.89. The summed E-state index contributed by atoms with van der Waals surface area (Å²) < 4.78 is 38.3. The van der Waals surface area contributed by atoms with Gasteiger partial charge in [0.15, 0.2) is 0 Å². The zero-order chi connectivity index (χ0) is 26.8. The quantitative estimate of drug-likeness (QED) is 0.485. The van der Waals surface area contributed by atoms with Crippen LogP contribution in [0.5, 0.6) is 0 Å². The Morgan fingerprint density at radius 1 is 1.00 bits per heavy atom. The standard InChI is InChI=1S/C28H36N2O6S/c1-28(2,3)36-27(32)30(25-18-24(25)21-8-6-5-7-9-21)19-20-14-16-29(17-15-20)37(33,34)23-12-10-22(11-13-23)26(31)35-4/h5-13,20,24-25H,14-19H2,1-4H3. The van der Waals surface area contributed by atoms with Gasteiger partial charge >= 0.3 is 12.1 Å². The average molecular weight is 529 g/mol. The van der Waals surface area contributed by atoms with Crippen molar-refractivity contribution < 1.29 is 27.5 Å². The molecule has 2 atom stereocenters. The molecule has 0 spiro atoms. The number of carbonyl (C=O) groups is 2. The maximum atomic E-state index is 13.2. The van der Waals surface area contributed by atoms with E-state index in [0.29, 0.717) is 44.0 Å². The van der Waals surface area contributed by atoms with Crippen LogP contribution in [0.4, 0.5) is 4.79 Å². The lowest BCUT2D eigenvalue weighted by molar-refractivity contribution is 0.0181. The molecule has 2 aromatic carbocycles. The Morgan fingerprint density at radius 3 is 2.19 bits per heavy atom. The molecule has 1 saturated carbocycles. The monoisotopic (exact) mass is 528 g/mol. The van der Waals surface area contributed by atoms with Gasteiger partial charge in [-0.15, -0.1) is 0 Å². The van der Waals surface area contributed by atoms with Crippen molar-refractivity contribution in [3.05, 3.63) is 65.7 Å². The van der Waals surface area contributed by atoms with Gasteiger partial charge in [0.2, 0.25) is 10.0 Å². The van der Waals surface area contributed by atoms with Gasteiger partial charge in [0.05, 0.1) is 17.6 Å². The van der Waals surface area contributed by atoms with Crippen LogP contribution in [0.1, 0.15) is 61.9 Å². The number of amides is 1. The lowest BCUT2D eigenvalue weighted by Crippen LogP contribution is -2.45. The van der Waals surface area contributed by atoms with Gasteiger partial charge in [0.25, 0.3) is 0 Å². The molecular formula is C28H36N2O6S. The summed E-state index contributed by atoms with van der Waals surface area (Å²) in [6.07, 6.45) is 1.90. The van der Waals surface area contributed by atoms with Crippen LogP contribution in [-0.4, -0.2) is 68.1 Å². The number of nitrogens with zero attached hydrogens (tertiary/aromatic N) is 2. The van der Waals surface area contributed by atoms with Crippen LogP contribution in [0.3, 0.4) is 0 Å². The molecule has 1 aliphatic heterocycles. The van der Waals surface area contributed by atoms with E-state index >= 15 is 0 Å². The Morgan fingerprint density at radius 2 is 1.62 bits per heavy atom. The Balaban J connectivity index is 1.40. The maximum Gasteiger partial charge on any atom is 0.410 e. The van der Waals surface area contributed by atoms with Crippen LogP contribution in [-0.2, 0) is 19.5 Å². The van der Waals surface area contributed by atoms with E-state index < -0.39 is 21.6 Å². The van der Waals surface area contributed by atoms with Crippen LogP contribution in [0.2, 0.25) is 0 Å². The number of rotatable bonds is 7. The Hall–Kier alpha value is -2.91. The number of piperidine rings is 1. The summed E-state index contributed by atoms with van der Waals surface area (Å²) in [5, 5.41) is 0. The molecule has 0 N–H and O–H groups in total. The number of carbonyl (C=O) groups excluding carboxylic acids is 2. The molecule has 0 bridgehead atoms. The molecule has 4 rings (SSSR count). The van der Waals surface area contributed by atoms with E-state index in [0.717, 1.165) is 6.42 Å². The molecule has 37 heavy (non-hydrogen) atoms. The summed E-state index contributed by atoms with van der Waals surface area (Å²) in [5.74, 6) is -0.0377. The summed E-state index contributed by atoms with van der Waals surface area (Å²) in [6, 6.07) is 16.1. The van der Waals surface area contributed by atoms with Crippen molar-refractivity contribution in [2.45, 2.75) is 62.5 Å². The minimum absolute atomic E-state index is 0.0901. The second-order valence-corrected chi connectivity index (χ2v) is 12.8. The first-order valence-corrected chi connectivity index (χ1v) is 14.2. The number of hydrogen-bond acceptors (Lipinski definition) is 6. The van der Waals surface area contributed by atoms with Crippen LogP contribution >= 0.6 is 0 Å². The van der Waals surface area contributed by atoms with E-state index in [1.165, 1.54) is 41.2 Å². The largest absolute Gasteiger partial charge is 0.465 e. The van der Waals surface area contributed by atoms with Crippen molar-refractivity contribution in [2.24, 2.45) is 5.92 Å².